The molecule has 0 aliphatic carbocycles. The second-order valence-corrected chi connectivity index (χ2v) is 8.45. The number of ether oxygens (including phenoxy) is 1. The third-order valence-corrected chi connectivity index (χ3v) is 6.24. The van der Waals surface area contributed by atoms with Gasteiger partial charge in [-0.3, -0.25) is 14.9 Å². The maximum Gasteiger partial charge on any atom is 0.284 e. The SMILES string of the molecule is COc1ccc(CN(C)C(=O)c2ccc(Sc3nc(C)cs3)c([N+](=O)[O-])c2)cc1. The van der Waals surface area contributed by atoms with E-state index < -0.39 is 4.92 Å². The highest BCUT2D eigenvalue weighted by Gasteiger charge is 2.21. The molecule has 29 heavy (non-hydrogen) atoms. The van der Waals surface area contributed by atoms with E-state index in [1.807, 2.05) is 36.6 Å². The molecule has 150 valence electrons. The van der Waals surface area contributed by atoms with Gasteiger partial charge in [-0.1, -0.05) is 23.9 Å². The van der Waals surface area contributed by atoms with E-state index in [1.165, 1.54) is 34.1 Å². The summed E-state index contributed by atoms with van der Waals surface area (Å²) in [5.41, 5.74) is 1.97. The van der Waals surface area contributed by atoms with E-state index in [9.17, 15) is 14.9 Å². The quantitative estimate of drug-likeness (QED) is 0.396. The van der Waals surface area contributed by atoms with Crippen molar-refractivity contribution in [3.05, 3.63) is 74.8 Å². The number of benzene rings is 2. The summed E-state index contributed by atoms with van der Waals surface area (Å²) in [6.45, 7) is 2.25. The highest BCUT2D eigenvalue weighted by molar-refractivity contribution is 8.01. The number of methoxy groups -OCH3 is 1. The van der Waals surface area contributed by atoms with Gasteiger partial charge in [-0.25, -0.2) is 4.98 Å². The summed E-state index contributed by atoms with van der Waals surface area (Å²) in [5, 5.41) is 13.4. The zero-order valence-electron chi connectivity index (χ0n) is 16.1. The van der Waals surface area contributed by atoms with E-state index in [0.717, 1.165) is 21.3 Å². The van der Waals surface area contributed by atoms with Gasteiger partial charge in [-0.15, -0.1) is 11.3 Å². The van der Waals surface area contributed by atoms with Crippen LogP contribution in [0.1, 0.15) is 21.6 Å². The second kappa shape index (κ2) is 9.06. The first-order valence-corrected chi connectivity index (χ1v) is 10.3. The molecule has 0 saturated carbocycles. The van der Waals surface area contributed by atoms with Crippen molar-refractivity contribution in [2.75, 3.05) is 14.2 Å². The Morgan fingerprint density at radius 3 is 2.59 bits per heavy atom. The summed E-state index contributed by atoms with van der Waals surface area (Å²) in [5.74, 6) is 0.451. The molecule has 0 radical (unpaired) electrons. The molecular formula is C20H19N3O4S2. The van der Waals surface area contributed by atoms with Gasteiger partial charge in [0.15, 0.2) is 4.34 Å². The zero-order chi connectivity index (χ0) is 21.0. The molecular weight excluding hydrogens is 410 g/mol. The van der Waals surface area contributed by atoms with Gasteiger partial charge < -0.3 is 9.64 Å². The third-order valence-electron chi connectivity index (χ3n) is 4.12. The lowest BCUT2D eigenvalue weighted by Crippen LogP contribution is -2.26. The molecule has 1 heterocycles. The molecule has 0 fully saturated rings. The molecule has 0 N–H and O–H groups in total. The number of nitro benzene ring substituents is 1. The number of nitrogens with zero attached hydrogens (tertiary/aromatic N) is 3. The van der Waals surface area contributed by atoms with Crippen LogP contribution in [-0.2, 0) is 6.54 Å². The Morgan fingerprint density at radius 2 is 2.00 bits per heavy atom. The molecule has 3 aromatic rings. The Bertz CT molecular complexity index is 1030. The first-order chi connectivity index (χ1) is 13.9. The van der Waals surface area contributed by atoms with E-state index in [-0.39, 0.29) is 17.2 Å². The van der Waals surface area contributed by atoms with Gasteiger partial charge in [0, 0.05) is 36.3 Å². The molecule has 0 aliphatic rings. The van der Waals surface area contributed by atoms with Crippen molar-refractivity contribution in [2.45, 2.75) is 22.7 Å². The van der Waals surface area contributed by atoms with E-state index >= 15 is 0 Å². The minimum absolute atomic E-state index is 0.105. The van der Waals surface area contributed by atoms with Gasteiger partial charge in [0.2, 0.25) is 0 Å². The van der Waals surface area contributed by atoms with Crippen LogP contribution in [0.2, 0.25) is 0 Å². The van der Waals surface area contributed by atoms with Crippen LogP contribution in [0.3, 0.4) is 0 Å². The summed E-state index contributed by atoms with van der Waals surface area (Å²) >= 11 is 2.66. The van der Waals surface area contributed by atoms with Gasteiger partial charge in [0.05, 0.1) is 16.9 Å². The summed E-state index contributed by atoms with van der Waals surface area (Å²) in [6.07, 6.45) is 0. The van der Waals surface area contributed by atoms with Crippen LogP contribution in [0.4, 0.5) is 5.69 Å². The number of nitro groups is 1. The second-order valence-electron chi connectivity index (χ2n) is 6.31. The summed E-state index contributed by atoms with van der Waals surface area (Å²) < 4.78 is 5.85. The average molecular weight is 430 g/mol. The van der Waals surface area contributed by atoms with E-state index in [0.29, 0.717) is 11.4 Å². The summed E-state index contributed by atoms with van der Waals surface area (Å²) in [4.78, 5) is 30.2. The van der Waals surface area contributed by atoms with Gasteiger partial charge >= 0.3 is 0 Å². The lowest BCUT2D eigenvalue weighted by atomic mass is 10.1. The molecule has 0 bridgehead atoms. The van der Waals surface area contributed by atoms with Crippen LogP contribution < -0.4 is 4.74 Å². The fourth-order valence-electron chi connectivity index (χ4n) is 2.65. The maximum absolute atomic E-state index is 12.8. The molecule has 0 unspecified atom stereocenters. The van der Waals surface area contributed by atoms with Crippen molar-refractivity contribution >= 4 is 34.7 Å². The van der Waals surface area contributed by atoms with Crippen molar-refractivity contribution in [2.24, 2.45) is 0 Å². The Hall–Kier alpha value is -2.91. The van der Waals surface area contributed by atoms with Gasteiger partial charge in [0.1, 0.15) is 5.75 Å². The standard InChI is InChI=1S/C20H19N3O4S2/c1-13-12-28-20(21-13)29-18-9-6-15(10-17(18)23(25)26)19(24)22(2)11-14-4-7-16(27-3)8-5-14/h4-10,12H,11H2,1-3H3. The molecule has 0 aliphatic heterocycles. The Balaban J connectivity index is 1.78. The van der Waals surface area contributed by atoms with Gasteiger partial charge in [0.25, 0.3) is 11.6 Å². The molecule has 3 rings (SSSR count). The van der Waals surface area contributed by atoms with Gasteiger partial charge in [-0.05, 0) is 36.8 Å². The molecule has 1 aromatic heterocycles. The van der Waals surface area contributed by atoms with Crippen molar-refractivity contribution in [1.82, 2.24) is 9.88 Å². The fourth-order valence-corrected chi connectivity index (χ4v) is 4.53. The molecule has 0 spiro atoms. The van der Waals surface area contributed by atoms with Crippen molar-refractivity contribution < 1.29 is 14.5 Å². The van der Waals surface area contributed by atoms with Crippen molar-refractivity contribution in [3.8, 4) is 5.75 Å². The number of amides is 1. The number of rotatable bonds is 7. The highest BCUT2D eigenvalue weighted by atomic mass is 32.2. The van der Waals surface area contributed by atoms with Gasteiger partial charge in [-0.2, -0.15) is 0 Å². The van der Waals surface area contributed by atoms with E-state index in [4.69, 9.17) is 4.74 Å². The Labute approximate surface area is 176 Å². The van der Waals surface area contributed by atoms with Crippen molar-refractivity contribution in [3.63, 3.8) is 0 Å². The van der Waals surface area contributed by atoms with Crippen LogP contribution in [-0.4, -0.2) is 34.9 Å². The number of carbonyl (C=O) groups excluding carboxylic acids is 1. The smallest absolute Gasteiger partial charge is 0.284 e. The number of hydrogen-bond donors (Lipinski definition) is 0. The minimum atomic E-state index is -0.469. The van der Waals surface area contributed by atoms with Crippen molar-refractivity contribution in [1.29, 1.82) is 0 Å². The number of aryl methyl sites for hydroxylation is 1. The lowest BCUT2D eigenvalue weighted by Gasteiger charge is -2.17. The molecule has 1 amide bonds. The van der Waals surface area contributed by atoms with Crippen LogP contribution in [0, 0.1) is 17.0 Å². The van der Waals surface area contributed by atoms with E-state index in [2.05, 4.69) is 4.98 Å². The Kier molecular flexibility index (Phi) is 6.50. The zero-order valence-corrected chi connectivity index (χ0v) is 17.8. The predicted molar refractivity (Wildman–Crippen MR) is 113 cm³/mol. The monoisotopic (exact) mass is 429 g/mol. The molecule has 0 atom stereocenters. The number of carbonyl (C=O) groups is 1. The topological polar surface area (TPSA) is 85.6 Å². The maximum atomic E-state index is 12.8. The first kappa shape index (κ1) is 20.8. The number of thiazole rings is 1. The molecule has 7 nitrogen and oxygen atoms in total. The third kappa shape index (κ3) is 5.12. The predicted octanol–water partition coefficient (Wildman–Crippen LogP) is 4.79. The summed E-state index contributed by atoms with van der Waals surface area (Å²) in [7, 11) is 3.26. The van der Waals surface area contributed by atoms with Crippen LogP contribution in [0.15, 0.2) is 57.1 Å². The van der Waals surface area contributed by atoms with E-state index in [1.54, 1.807) is 26.3 Å². The molecule has 9 heteroatoms. The molecule has 2 aromatic carbocycles. The lowest BCUT2D eigenvalue weighted by molar-refractivity contribution is -0.387. The van der Waals surface area contributed by atoms with Crippen LogP contribution in [0.5, 0.6) is 5.75 Å². The summed E-state index contributed by atoms with van der Waals surface area (Å²) in [6, 6.07) is 11.9. The number of hydrogen-bond acceptors (Lipinski definition) is 7. The fraction of sp³-hybridized carbons (Fsp3) is 0.200. The normalized spacial score (nSPS) is 10.6. The minimum Gasteiger partial charge on any atom is -0.497 e. The first-order valence-electron chi connectivity index (χ1n) is 8.64. The Morgan fingerprint density at radius 1 is 1.28 bits per heavy atom. The molecule has 0 saturated heterocycles. The van der Waals surface area contributed by atoms with Crippen LogP contribution in [0.25, 0.3) is 0 Å². The number of aromatic nitrogens is 1. The van der Waals surface area contributed by atoms with Crippen LogP contribution >= 0.6 is 23.1 Å². The largest absolute Gasteiger partial charge is 0.497 e. The average Bonchev–Trinajstić information content (AvgIpc) is 3.12. The highest BCUT2D eigenvalue weighted by Crippen LogP contribution is 2.37.